The minimum absolute atomic E-state index is 0.0204. The predicted octanol–water partition coefficient (Wildman–Crippen LogP) is 0.219. The predicted molar refractivity (Wildman–Crippen MR) is 93.7 cm³/mol. The molecule has 0 aromatic heterocycles. The molecule has 8 heteroatoms. The fourth-order valence-corrected chi connectivity index (χ4v) is 4.45. The van der Waals surface area contributed by atoms with E-state index in [1.807, 2.05) is 0 Å². The average Bonchev–Trinajstić information content (AvgIpc) is 3.07. The van der Waals surface area contributed by atoms with Crippen molar-refractivity contribution >= 4 is 15.9 Å². The lowest BCUT2D eigenvalue weighted by Crippen LogP contribution is -2.44. The maximum absolute atomic E-state index is 12.5. The number of hydrogen-bond acceptors (Lipinski definition) is 5. The lowest BCUT2D eigenvalue weighted by Gasteiger charge is -2.40. The molecule has 1 saturated carbocycles. The highest BCUT2D eigenvalue weighted by Crippen LogP contribution is 2.39. The summed E-state index contributed by atoms with van der Waals surface area (Å²) in [6, 6.07) is 6.13. The quantitative estimate of drug-likeness (QED) is 0.551. The van der Waals surface area contributed by atoms with E-state index in [1.54, 1.807) is 12.1 Å². The third-order valence-electron chi connectivity index (χ3n) is 5.19. The number of aliphatic hydroxyl groups is 1. The van der Waals surface area contributed by atoms with Gasteiger partial charge in [-0.2, -0.15) is 0 Å². The molecule has 0 radical (unpaired) electrons. The number of amides is 1. The highest BCUT2D eigenvalue weighted by molar-refractivity contribution is 7.89. The Morgan fingerprint density at radius 3 is 2.76 bits per heavy atom. The smallest absolute Gasteiger partial charge is 0.251 e. The number of nitrogens with one attached hydrogen (secondary N) is 3. The topological polar surface area (TPSA) is 108 Å². The molecule has 0 spiro atoms. The normalized spacial score (nSPS) is 22.4. The van der Waals surface area contributed by atoms with E-state index in [0.29, 0.717) is 5.56 Å². The molecular weight excluding hydrogens is 342 g/mol. The number of sulfonamides is 1. The van der Waals surface area contributed by atoms with Crippen molar-refractivity contribution in [1.29, 1.82) is 0 Å². The Morgan fingerprint density at radius 2 is 2.16 bits per heavy atom. The molecular formula is C17H25N3O4S. The van der Waals surface area contributed by atoms with E-state index in [9.17, 15) is 18.3 Å². The molecule has 1 amide bonds. The molecule has 4 N–H and O–H groups in total. The third-order valence-corrected chi connectivity index (χ3v) is 6.59. The fraction of sp³-hybridized carbons (Fsp3) is 0.588. The van der Waals surface area contributed by atoms with Crippen LogP contribution >= 0.6 is 0 Å². The first kappa shape index (κ1) is 18.3. The fourth-order valence-electron chi connectivity index (χ4n) is 3.25. The van der Waals surface area contributed by atoms with Crippen molar-refractivity contribution in [2.24, 2.45) is 5.41 Å². The van der Waals surface area contributed by atoms with Gasteiger partial charge >= 0.3 is 0 Å². The zero-order valence-electron chi connectivity index (χ0n) is 14.1. The molecule has 138 valence electrons. The van der Waals surface area contributed by atoms with Crippen molar-refractivity contribution in [1.82, 2.24) is 15.4 Å². The van der Waals surface area contributed by atoms with Crippen molar-refractivity contribution in [3.8, 4) is 0 Å². The van der Waals surface area contributed by atoms with E-state index >= 15 is 0 Å². The summed E-state index contributed by atoms with van der Waals surface area (Å²) in [4.78, 5) is 12.4. The number of aliphatic hydroxyl groups excluding tert-OH is 1. The minimum atomic E-state index is -3.72. The first-order valence-electron chi connectivity index (χ1n) is 8.66. The Kier molecular flexibility index (Phi) is 5.43. The van der Waals surface area contributed by atoms with E-state index in [4.69, 9.17) is 0 Å². The maximum Gasteiger partial charge on any atom is 0.251 e. The zero-order valence-corrected chi connectivity index (χ0v) is 14.9. The molecule has 25 heavy (non-hydrogen) atoms. The van der Waals surface area contributed by atoms with Gasteiger partial charge in [0.1, 0.15) is 0 Å². The zero-order chi connectivity index (χ0) is 17.9. The van der Waals surface area contributed by atoms with Crippen LogP contribution in [-0.2, 0) is 10.0 Å². The summed E-state index contributed by atoms with van der Waals surface area (Å²) in [5.41, 5.74) is -0.00681. The van der Waals surface area contributed by atoms with E-state index in [-0.39, 0.29) is 35.4 Å². The second-order valence-electron chi connectivity index (χ2n) is 7.03. The Balaban J connectivity index is 1.67. The van der Waals surface area contributed by atoms with Gasteiger partial charge in [-0.1, -0.05) is 12.5 Å². The van der Waals surface area contributed by atoms with Crippen molar-refractivity contribution in [3.05, 3.63) is 29.8 Å². The van der Waals surface area contributed by atoms with Gasteiger partial charge in [-0.05, 0) is 44.0 Å². The minimum Gasteiger partial charge on any atom is -0.396 e. The van der Waals surface area contributed by atoms with Crippen LogP contribution in [-0.4, -0.2) is 51.7 Å². The first-order valence-corrected chi connectivity index (χ1v) is 10.1. The molecule has 1 aromatic rings. The van der Waals surface area contributed by atoms with Gasteiger partial charge in [-0.15, -0.1) is 0 Å². The Hall–Kier alpha value is -1.48. The van der Waals surface area contributed by atoms with Crippen LogP contribution in [0.1, 0.15) is 36.0 Å². The summed E-state index contributed by atoms with van der Waals surface area (Å²) in [7, 11) is -3.72. The van der Waals surface area contributed by atoms with Crippen LogP contribution in [0.3, 0.4) is 0 Å². The standard InChI is InChI=1S/C17H25N3O4S/c21-12-17(6-2-7-17)11-19-25(23,24)15-4-1-3-13(9-15)16(22)20-14-5-8-18-10-14/h1,3-4,9,14,18-19,21H,2,5-8,10-12H2,(H,20,22)/t14-/m0/s1. The summed E-state index contributed by atoms with van der Waals surface area (Å²) in [6.07, 6.45) is 3.52. The van der Waals surface area contributed by atoms with Crippen LogP contribution in [0.4, 0.5) is 0 Å². The summed E-state index contributed by atoms with van der Waals surface area (Å²) < 4.78 is 27.6. The monoisotopic (exact) mass is 367 g/mol. The first-order chi connectivity index (χ1) is 11.9. The van der Waals surface area contributed by atoms with E-state index < -0.39 is 10.0 Å². The molecule has 2 fully saturated rings. The number of rotatable bonds is 7. The number of benzene rings is 1. The van der Waals surface area contributed by atoms with Crippen LogP contribution in [0, 0.1) is 5.41 Å². The summed E-state index contributed by atoms with van der Waals surface area (Å²) in [6.45, 7) is 1.80. The average molecular weight is 367 g/mol. The second-order valence-corrected chi connectivity index (χ2v) is 8.79. The lowest BCUT2D eigenvalue weighted by molar-refractivity contribution is 0.0499. The van der Waals surface area contributed by atoms with Crippen molar-refractivity contribution in [2.75, 3.05) is 26.2 Å². The van der Waals surface area contributed by atoms with Gasteiger partial charge in [0.05, 0.1) is 4.90 Å². The number of carbonyl (C=O) groups excluding carboxylic acids is 1. The second kappa shape index (κ2) is 7.41. The molecule has 1 heterocycles. The van der Waals surface area contributed by atoms with Crippen LogP contribution < -0.4 is 15.4 Å². The number of hydrogen-bond donors (Lipinski definition) is 4. The highest BCUT2D eigenvalue weighted by Gasteiger charge is 2.37. The maximum atomic E-state index is 12.5. The molecule has 0 bridgehead atoms. The molecule has 7 nitrogen and oxygen atoms in total. The van der Waals surface area contributed by atoms with Gasteiger partial charge in [0.25, 0.3) is 5.91 Å². The van der Waals surface area contributed by atoms with Crippen molar-refractivity contribution < 1.29 is 18.3 Å². The molecule has 1 aliphatic heterocycles. The summed E-state index contributed by atoms with van der Waals surface area (Å²) in [5, 5.41) is 15.5. The largest absolute Gasteiger partial charge is 0.396 e. The van der Waals surface area contributed by atoms with Gasteiger partial charge in [0.15, 0.2) is 0 Å². The van der Waals surface area contributed by atoms with Crippen LogP contribution in [0.15, 0.2) is 29.2 Å². The van der Waals surface area contributed by atoms with E-state index in [0.717, 1.165) is 38.8 Å². The molecule has 0 unspecified atom stereocenters. The highest BCUT2D eigenvalue weighted by atomic mass is 32.2. The van der Waals surface area contributed by atoms with Crippen molar-refractivity contribution in [3.63, 3.8) is 0 Å². The SMILES string of the molecule is O=C(N[C@H]1CCNC1)c1cccc(S(=O)(=O)NCC2(CO)CCC2)c1. The third kappa shape index (κ3) is 4.20. The Labute approximate surface area is 148 Å². The van der Waals surface area contributed by atoms with E-state index in [1.165, 1.54) is 12.1 Å². The van der Waals surface area contributed by atoms with Gasteiger partial charge < -0.3 is 15.7 Å². The van der Waals surface area contributed by atoms with Gasteiger partial charge in [-0.25, -0.2) is 13.1 Å². The van der Waals surface area contributed by atoms with Gasteiger partial charge in [0.2, 0.25) is 10.0 Å². The van der Waals surface area contributed by atoms with Crippen LogP contribution in [0.2, 0.25) is 0 Å². The molecule has 1 aromatic carbocycles. The summed E-state index contributed by atoms with van der Waals surface area (Å²) >= 11 is 0. The Bertz CT molecular complexity index is 720. The van der Waals surface area contributed by atoms with Gasteiger partial charge in [0, 0.05) is 36.7 Å². The van der Waals surface area contributed by atoms with Crippen LogP contribution in [0.25, 0.3) is 0 Å². The number of carbonyl (C=O) groups is 1. The molecule has 1 atom stereocenters. The molecule has 1 aliphatic carbocycles. The van der Waals surface area contributed by atoms with Crippen LogP contribution in [0.5, 0.6) is 0 Å². The lowest BCUT2D eigenvalue weighted by atomic mass is 9.69. The Morgan fingerprint density at radius 1 is 1.36 bits per heavy atom. The van der Waals surface area contributed by atoms with Crippen molar-refractivity contribution in [2.45, 2.75) is 36.6 Å². The van der Waals surface area contributed by atoms with Gasteiger partial charge in [-0.3, -0.25) is 4.79 Å². The summed E-state index contributed by atoms with van der Waals surface area (Å²) in [5.74, 6) is -0.267. The molecule has 3 rings (SSSR count). The van der Waals surface area contributed by atoms with E-state index in [2.05, 4.69) is 15.4 Å². The molecule has 2 aliphatic rings. The molecule has 1 saturated heterocycles.